The van der Waals surface area contributed by atoms with Crippen molar-refractivity contribution < 1.29 is 33.8 Å². The smallest absolute Gasteiger partial charge is 0.329 e. The van der Waals surface area contributed by atoms with Gasteiger partial charge in [0.25, 0.3) is 0 Å². The first-order valence-electron chi connectivity index (χ1n) is 16.7. The molecule has 1 heterocycles. The van der Waals surface area contributed by atoms with E-state index in [-0.39, 0.29) is 30.7 Å². The van der Waals surface area contributed by atoms with Crippen LogP contribution in [0, 0.1) is 11.8 Å². The van der Waals surface area contributed by atoms with E-state index in [9.17, 15) is 29.1 Å². The summed E-state index contributed by atoms with van der Waals surface area (Å²) in [5, 5.41) is 18.1. The van der Waals surface area contributed by atoms with Crippen LogP contribution in [0.4, 0.5) is 0 Å². The maximum absolute atomic E-state index is 14.3. The highest BCUT2D eigenvalue weighted by atomic mass is 16.5. The van der Waals surface area contributed by atoms with Crippen molar-refractivity contribution in [1.29, 1.82) is 0 Å². The van der Waals surface area contributed by atoms with Crippen molar-refractivity contribution in [3.05, 3.63) is 54.6 Å². The monoisotopic (exact) mass is 646 g/mol. The van der Waals surface area contributed by atoms with Crippen molar-refractivity contribution in [3.63, 3.8) is 0 Å². The Labute approximate surface area is 275 Å². The van der Waals surface area contributed by atoms with E-state index in [1.165, 1.54) is 11.8 Å². The van der Waals surface area contributed by atoms with Gasteiger partial charge in [-0.2, -0.15) is 0 Å². The van der Waals surface area contributed by atoms with Gasteiger partial charge in [0.2, 0.25) is 23.6 Å². The summed E-state index contributed by atoms with van der Waals surface area (Å²) in [5.74, 6) is -2.65. The topological polar surface area (TPSA) is 154 Å². The molecule has 0 spiro atoms. The molecule has 252 valence electrons. The highest BCUT2D eigenvalue weighted by Gasteiger charge is 2.54. The maximum Gasteiger partial charge on any atom is 0.329 e. The summed E-state index contributed by atoms with van der Waals surface area (Å²) in [7, 11) is 0. The number of aliphatic carboxylic acids is 1. The fourth-order valence-corrected chi connectivity index (χ4v) is 6.80. The molecule has 47 heavy (non-hydrogen) atoms. The van der Waals surface area contributed by atoms with Crippen LogP contribution in [0.1, 0.15) is 72.1 Å². The van der Waals surface area contributed by atoms with Crippen LogP contribution >= 0.6 is 0 Å². The van der Waals surface area contributed by atoms with Crippen LogP contribution < -0.4 is 20.7 Å². The van der Waals surface area contributed by atoms with Crippen LogP contribution in [0.2, 0.25) is 0 Å². The molecular weight excluding hydrogens is 600 g/mol. The van der Waals surface area contributed by atoms with E-state index in [2.05, 4.69) is 16.0 Å². The van der Waals surface area contributed by atoms with Crippen LogP contribution in [-0.4, -0.2) is 75.9 Å². The van der Waals surface area contributed by atoms with Crippen molar-refractivity contribution in [2.45, 2.75) is 102 Å². The van der Waals surface area contributed by atoms with E-state index in [0.29, 0.717) is 18.6 Å². The molecule has 2 saturated carbocycles. The molecule has 0 radical (unpaired) electrons. The van der Waals surface area contributed by atoms with Crippen molar-refractivity contribution in [2.24, 2.45) is 11.8 Å². The Kier molecular flexibility index (Phi) is 10.5. The highest BCUT2D eigenvalue weighted by Crippen LogP contribution is 2.37. The Bertz CT molecular complexity index is 1470. The molecule has 4 atom stereocenters. The summed E-state index contributed by atoms with van der Waals surface area (Å²) in [4.78, 5) is 67.0. The number of nitrogens with one attached hydrogen (secondary N) is 3. The number of ether oxygens (including phenoxy) is 1. The van der Waals surface area contributed by atoms with Gasteiger partial charge >= 0.3 is 5.97 Å². The summed E-state index contributed by atoms with van der Waals surface area (Å²) in [6, 6.07) is 14.7. The van der Waals surface area contributed by atoms with Gasteiger partial charge in [0.1, 0.15) is 35.5 Å². The normalized spacial score (nSPS) is 21.7. The van der Waals surface area contributed by atoms with Gasteiger partial charge in [-0.3, -0.25) is 19.2 Å². The summed E-state index contributed by atoms with van der Waals surface area (Å²) in [5.41, 5.74) is 0.643. The predicted molar refractivity (Wildman–Crippen MR) is 175 cm³/mol. The van der Waals surface area contributed by atoms with Gasteiger partial charge in [0.05, 0.1) is 6.54 Å². The zero-order chi connectivity index (χ0) is 33.7. The molecule has 1 saturated heterocycles. The number of carbonyl (C=O) groups excluding carboxylic acids is 4. The first-order chi connectivity index (χ1) is 22.5. The van der Waals surface area contributed by atoms with Crippen LogP contribution in [0.25, 0.3) is 11.1 Å². The number of nitrogens with zero attached hydrogens (tertiary/aromatic N) is 1. The fraction of sp³-hybridized carbons (Fsp3) is 0.528. The lowest BCUT2D eigenvalue weighted by Crippen LogP contribution is -2.60. The number of rotatable bonds is 12. The highest BCUT2D eigenvalue weighted by molar-refractivity contribution is 5.96. The molecule has 11 heteroatoms. The maximum atomic E-state index is 14.3. The van der Waals surface area contributed by atoms with Gasteiger partial charge in [-0.15, -0.1) is 0 Å². The molecule has 5 rings (SSSR count). The lowest BCUT2D eigenvalue weighted by Gasteiger charge is -2.34. The zero-order valence-corrected chi connectivity index (χ0v) is 27.4. The quantitative estimate of drug-likeness (QED) is 0.275. The lowest BCUT2D eigenvalue weighted by atomic mass is 9.83. The standard InChI is InChI=1S/C36H46N4O7/c1-22(2)30(38-33(43)31(37-23(3)41)25-13-8-5-9-14-25)34(44)40-21-28(20-29(40)32(42)39-36(17-18-36)35(45)46)47-27-16-10-15-26(19-27)24-11-6-4-7-12-24/h4,6-7,10-12,15-16,19,22,25,28-31H,5,8-9,13-14,17-18,20-21H2,1-3H3,(H,37,41)(H,38,43)(H,39,42)(H,45,46)/t28-,29+,30+,31+/m1/s1. The third kappa shape index (κ3) is 8.12. The molecule has 1 aliphatic heterocycles. The number of hydrogen-bond donors (Lipinski definition) is 4. The third-order valence-corrected chi connectivity index (χ3v) is 9.61. The SMILES string of the molecule is CC(=O)N[C@H](C(=O)N[C@H](C(=O)N1C[C@H](Oc2cccc(-c3ccccc3)c2)C[C@H]1C(=O)NC1(C(=O)O)CC1)C(C)C)C1CCCCC1. The molecule has 4 amide bonds. The molecule has 0 unspecified atom stereocenters. The van der Waals surface area contributed by atoms with E-state index < -0.39 is 53.5 Å². The van der Waals surface area contributed by atoms with Crippen LogP contribution in [0.15, 0.2) is 54.6 Å². The number of likely N-dealkylation sites (tertiary alicyclic amines) is 1. The minimum Gasteiger partial charge on any atom is -0.488 e. The second-order valence-electron chi connectivity index (χ2n) is 13.6. The Balaban J connectivity index is 1.36. The molecule has 0 aromatic heterocycles. The Morgan fingerprint density at radius 3 is 2.21 bits per heavy atom. The fourth-order valence-electron chi connectivity index (χ4n) is 6.80. The van der Waals surface area contributed by atoms with E-state index in [0.717, 1.165) is 43.2 Å². The molecule has 3 fully saturated rings. The first-order valence-corrected chi connectivity index (χ1v) is 16.7. The van der Waals surface area contributed by atoms with E-state index in [4.69, 9.17) is 4.74 Å². The molecule has 3 aliphatic rings. The van der Waals surface area contributed by atoms with Crippen LogP contribution in [0.3, 0.4) is 0 Å². The van der Waals surface area contributed by atoms with Crippen molar-refractivity contribution in [2.75, 3.05) is 6.54 Å². The zero-order valence-electron chi connectivity index (χ0n) is 27.4. The number of carbonyl (C=O) groups is 5. The van der Waals surface area contributed by atoms with Gasteiger partial charge in [-0.1, -0.05) is 75.6 Å². The summed E-state index contributed by atoms with van der Waals surface area (Å²) in [6.07, 6.45) is 4.87. The minimum absolute atomic E-state index is 0.0314. The number of carboxylic acids is 1. The molecule has 4 N–H and O–H groups in total. The molecular formula is C36H46N4O7. The van der Waals surface area contributed by atoms with E-state index >= 15 is 0 Å². The van der Waals surface area contributed by atoms with Gasteiger partial charge < -0.3 is 30.7 Å². The summed E-state index contributed by atoms with van der Waals surface area (Å²) >= 11 is 0. The molecule has 2 aromatic carbocycles. The predicted octanol–water partition coefficient (Wildman–Crippen LogP) is 3.66. The average molecular weight is 647 g/mol. The number of amides is 4. The van der Waals surface area contributed by atoms with Crippen LogP contribution in [0.5, 0.6) is 5.75 Å². The Hall–Kier alpha value is -4.41. The van der Waals surface area contributed by atoms with Crippen LogP contribution in [-0.2, 0) is 24.0 Å². The second-order valence-corrected chi connectivity index (χ2v) is 13.6. The van der Waals surface area contributed by atoms with Crippen molar-refractivity contribution in [1.82, 2.24) is 20.9 Å². The minimum atomic E-state index is -1.33. The lowest BCUT2D eigenvalue weighted by molar-refractivity contribution is -0.146. The second kappa shape index (κ2) is 14.6. The van der Waals surface area contributed by atoms with Crippen molar-refractivity contribution >= 4 is 29.6 Å². The average Bonchev–Trinajstić information content (AvgIpc) is 3.73. The molecule has 2 aliphatic carbocycles. The largest absolute Gasteiger partial charge is 0.488 e. The molecule has 0 bridgehead atoms. The van der Waals surface area contributed by atoms with Gasteiger partial charge in [-0.25, -0.2) is 4.79 Å². The molecule has 2 aromatic rings. The number of benzene rings is 2. The molecule has 11 nitrogen and oxygen atoms in total. The number of carboxylic acid groups (broad SMARTS) is 1. The van der Waals surface area contributed by atoms with Gasteiger partial charge in [0.15, 0.2) is 0 Å². The van der Waals surface area contributed by atoms with Crippen molar-refractivity contribution in [3.8, 4) is 16.9 Å². The first kappa shape index (κ1) is 33.9. The van der Waals surface area contributed by atoms with E-state index in [1.54, 1.807) is 0 Å². The summed E-state index contributed by atoms with van der Waals surface area (Å²) in [6.45, 7) is 5.08. The van der Waals surface area contributed by atoms with E-state index in [1.807, 2.05) is 68.4 Å². The van der Waals surface area contributed by atoms with Gasteiger partial charge in [-0.05, 0) is 60.8 Å². The Morgan fingerprint density at radius 1 is 0.915 bits per heavy atom. The summed E-state index contributed by atoms with van der Waals surface area (Å²) < 4.78 is 6.35. The number of hydrogen-bond acceptors (Lipinski definition) is 6. The third-order valence-electron chi connectivity index (χ3n) is 9.61. The van der Waals surface area contributed by atoms with Gasteiger partial charge in [0, 0.05) is 13.3 Å². The Morgan fingerprint density at radius 2 is 1.60 bits per heavy atom.